The predicted octanol–water partition coefficient (Wildman–Crippen LogP) is 2.89. The highest BCUT2D eigenvalue weighted by atomic mass is 35.5. The molecule has 3 rings (SSSR count). The number of hydrogen-bond acceptors (Lipinski definition) is 5. The van der Waals surface area contributed by atoms with Crippen molar-refractivity contribution in [2.75, 3.05) is 22.5 Å². The van der Waals surface area contributed by atoms with E-state index in [2.05, 4.69) is 10.3 Å². The number of anilines is 3. The van der Waals surface area contributed by atoms with Gasteiger partial charge < -0.3 is 16.0 Å². The van der Waals surface area contributed by atoms with Crippen LogP contribution in [-0.2, 0) is 11.3 Å². The van der Waals surface area contributed by atoms with Crippen molar-refractivity contribution in [3.05, 3.63) is 35.3 Å². The van der Waals surface area contributed by atoms with E-state index in [4.69, 9.17) is 5.73 Å². The number of nitrogen functional groups attached to an aromatic ring is 1. The number of rotatable bonds is 4. The monoisotopic (exact) mass is 324 g/mol. The summed E-state index contributed by atoms with van der Waals surface area (Å²) in [5.74, 6) is 0.214. The Morgan fingerprint density at radius 2 is 2.10 bits per heavy atom. The Hall–Kier alpha value is -1.79. The Labute approximate surface area is 133 Å². The molecule has 0 radical (unpaired) electrons. The molecule has 0 saturated carbocycles. The third kappa shape index (κ3) is 3.65. The van der Waals surface area contributed by atoms with Crippen molar-refractivity contribution in [1.82, 2.24) is 4.98 Å². The molecule has 112 valence electrons. The Morgan fingerprint density at radius 3 is 2.67 bits per heavy atom. The minimum atomic E-state index is 0. The van der Waals surface area contributed by atoms with E-state index in [0.29, 0.717) is 18.1 Å². The largest absolute Gasteiger partial charge is 0.380 e. The number of nitrogens with zero attached hydrogens (tertiary/aromatic N) is 2. The van der Waals surface area contributed by atoms with E-state index in [0.717, 1.165) is 29.2 Å². The molecule has 1 saturated heterocycles. The summed E-state index contributed by atoms with van der Waals surface area (Å²) in [4.78, 5) is 18.6. The summed E-state index contributed by atoms with van der Waals surface area (Å²) < 4.78 is 0. The minimum absolute atomic E-state index is 0. The van der Waals surface area contributed by atoms with Crippen LogP contribution in [0.2, 0.25) is 0 Å². The highest BCUT2D eigenvalue weighted by Gasteiger charge is 2.21. The lowest BCUT2D eigenvalue weighted by molar-refractivity contribution is -0.117. The lowest BCUT2D eigenvalue weighted by atomic mass is 10.2. The number of carbonyl (C=O) groups excluding carboxylic acids is 1. The van der Waals surface area contributed by atoms with Crippen LogP contribution in [0.5, 0.6) is 0 Å². The molecule has 0 bridgehead atoms. The van der Waals surface area contributed by atoms with E-state index < -0.39 is 0 Å². The SMILES string of the molecule is Cl.Nc1ncc(CNc2ccc(N3CCCC3=O)cc2)s1. The molecular formula is C14H17ClN4OS. The van der Waals surface area contributed by atoms with Crippen molar-refractivity contribution in [3.8, 4) is 0 Å². The van der Waals surface area contributed by atoms with Crippen molar-refractivity contribution >= 4 is 46.2 Å². The van der Waals surface area contributed by atoms with Gasteiger partial charge in [-0.05, 0) is 30.7 Å². The summed E-state index contributed by atoms with van der Waals surface area (Å²) >= 11 is 1.48. The number of nitrogens with one attached hydrogen (secondary N) is 1. The maximum absolute atomic E-state index is 11.7. The van der Waals surface area contributed by atoms with Gasteiger partial charge in [-0.3, -0.25) is 4.79 Å². The molecular weight excluding hydrogens is 308 g/mol. The fourth-order valence-corrected chi connectivity index (χ4v) is 2.90. The number of halogens is 1. The van der Waals surface area contributed by atoms with Crippen molar-refractivity contribution in [1.29, 1.82) is 0 Å². The fourth-order valence-electron chi connectivity index (χ4n) is 2.27. The van der Waals surface area contributed by atoms with Gasteiger partial charge in [0.2, 0.25) is 5.91 Å². The Morgan fingerprint density at radius 1 is 1.33 bits per heavy atom. The van der Waals surface area contributed by atoms with Crippen LogP contribution in [0.1, 0.15) is 17.7 Å². The fraction of sp³-hybridized carbons (Fsp3) is 0.286. The second-order valence-corrected chi connectivity index (χ2v) is 5.86. The molecule has 0 atom stereocenters. The molecule has 0 unspecified atom stereocenters. The lowest BCUT2D eigenvalue weighted by Crippen LogP contribution is -2.23. The quantitative estimate of drug-likeness (QED) is 0.907. The topological polar surface area (TPSA) is 71.2 Å². The molecule has 21 heavy (non-hydrogen) atoms. The molecule has 2 aromatic rings. The van der Waals surface area contributed by atoms with Gasteiger partial charge in [0.1, 0.15) is 0 Å². The van der Waals surface area contributed by atoms with Crippen molar-refractivity contribution in [2.24, 2.45) is 0 Å². The maximum atomic E-state index is 11.7. The highest BCUT2D eigenvalue weighted by Crippen LogP contribution is 2.23. The van der Waals surface area contributed by atoms with E-state index in [1.807, 2.05) is 29.2 Å². The summed E-state index contributed by atoms with van der Waals surface area (Å²) in [7, 11) is 0. The molecule has 7 heteroatoms. The number of aromatic nitrogens is 1. The van der Waals surface area contributed by atoms with Gasteiger partial charge in [0.25, 0.3) is 0 Å². The normalized spacial score (nSPS) is 14.1. The second kappa shape index (κ2) is 6.78. The Kier molecular flexibility index (Phi) is 5.03. The van der Waals surface area contributed by atoms with Crippen molar-refractivity contribution in [3.63, 3.8) is 0 Å². The number of nitrogens with two attached hydrogens (primary N) is 1. The van der Waals surface area contributed by atoms with Gasteiger partial charge in [0.05, 0.1) is 6.54 Å². The summed E-state index contributed by atoms with van der Waals surface area (Å²) in [5, 5.41) is 3.90. The minimum Gasteiger partial charge on any atom is -0.380 e. The van der Waals surface area contributed by atoms with E-state index >= 15 is 0 Å². The van der Waals surface area contributed by atoms with Gasteiger partial charge in [-0.1, -0.05) is 0 Å². The first-order chi connectivity index (χ1) is 9.72. The number of amides is 1. The van der Waals surface area contributed by atoms with Crippen LogP contribution in [0.15, 0.2) is 30.5 Å². The van der Waals surface area contributed by atoms with Crippen LogP contribution in [0.4, 0.5) is 16.5 Å². The van der Waals surface area contributed by atoms with Crippen LogP contribution in [0.3, 0.4) is 0 Å². The molecule has 5 nitrogen and oxygen atoms in total. The summed E-state index contributed by atoms with van der Waals surface area (Å²) in [6, 6.07) is 7.94. The standard InChI is InChI=1S/C14H16N4OS.ClH/c15-14-17-9-12(20-14)8-16-10-3-5-11(6-4-10)18-7-1-2-13(18)19;/h3-6,9,16H,1-2,7-8H2,(H2,15,17);1H. The first-order valence-electron chi connectivity index (χ1n) is 6.57. The number of benzene rings is 1. The predicted molar refractivity (Wildman–Crippen MR) is 89.1 cm³/mol. The van der Waals surface area contributed by atoms with Gasteiger partial charge in [0, 0.05) is 35.4 Å². The Bertz CT molecular complexity index is 614. The van der Waals surface area contributed by atoms with Crippen LogP contribution in [-0.4, -0.2) is 17.4 Å². The third-order valence-corrected chi connectivity index (χ3v) is 4.12. The van der Waals surface area contributed by atoms with Crippen molar-refractivity contribution in [2.45, 2.75) is 19.4 Å². The van der Waals surface area contributed by atoms with Gasteiger partial charge >= 0.3 is 0 Å². The van der Waals surface area contributed by atoms with E-state index in [1.165, 1.54) is 11.3 Å². The molecule has 1 aliphatic heterocycles. The number of hydrogen-bond donors (Lipinski definition) is 2. The maximum Gasteiger partial charge on any atom is 0.227 e. The zero-order chi connectivity index (χ0) is 13.9. The van der Waals surface area contributed by atoms with Crippen LogP contribution < -0.4 is 16.0 Å². The highest BCUT2D eigenvalue weighted by molar-refractivity contribution is 7.15. The molecule has 0 spiro atoms. The first-order valence-corrected chi connectivity index (χ1v) is 7.38. The Balaban J connectivity index is 0.00000161. The second-order valence-electron chi connectivity index (χ2n) is 4.71. The molecule has 1 fully saturated rings. The summed E-state index contributed by atoms with van der Waals surface area (Å²) in [6.07, 6.45) is 3.39. The molecule has 1 aromatic carbocycles. The molecule has 1 aliphatic rings. The van der Waals surface area contributed by atoms with Gasteiger partial charge in [0.15, 0.2) is 5.13 Å². The smallest absolute Gasteiger partial charge is 0.227 e. The van der Waals surface area contributed by atoms with Crippen LogP contribution >= 0.6 is 23.7 Å². The number of carbonyl (C=O) groups is 1. The first kappa shape index (κ1) is 15.6. The molecule has 1 aromatic heterocycles. The van der Waals surface area contributed by atoms with Crippen LogP contribution in [0, 0.1) is 0 Å². The van der Waals surface area contributed by atoms with E-state index in [1.54, 1.807) is 6.20 Å². The summed E-state index contributed by atoms with van der Waals surface area (Å²) in [5.41, 5.74) is 7.59. The molecule has 3 N–H and O–H groups in total. The van der Waals surface area contributed by atoms with Gasteiger partial charge in [-0.15, -0.1) is 23.7 Å². The molecule has 2 heterocycles. The average Bonchev–Trinajstić information content (AvgIpc) is 3.06. The third-order valence-electron chi connectivity index (χ3n) is 3.29. The van der Waals surface area contributed by atoms with Crippen LogP contribution in [0.25, 0.3) is 0 Å². The average molecular weight is 325 g/mol. The van der Waals surface area contributed by atoms with E-state index in [-0.39, 0.29) is 18.3 Å². The number of thiazole rings is 1. The van der Waals surface area contributed by atoms with E-state index in [9.17, 15) is 4.79 Å². The lowest BCUT2D eigenvalue weighted by Gasteiger charge is -2.16. The zero-order valence-corrected chi connectivity index (χ0v) is 13.0. The molecule has 0 aliphatic carbocycles. The summed E-state index contributed by atoms with van der Waals surface area (Å²) in [6.45, 7) is 1.53. The molecule has 1 amide bonds. The zero-order valence-electron chi connectivity index (χ0n) is 11.4. The van der Waals surface area contributed by atoms with Gasteiger partial charge in [-0.2, -0.15) is 0 Å². The van der Waals surface area contributed by atoms with Crippen molar-refractivity contribution < 1.29 is 4.79 Å². The van der Waals surface area contributed by atoms with Gasteiger partial charge in [-0.25, -0.2) is 4.98 Å².